The molecule has 3 N–H and O–H groups in total. The van der Waals surface area contributed by atoms with Gasteiger partial charge in [-0.3, -0.25) is 4.79 Å². The number of benzene rings is 1. The van der Waals surface area contributed by atoms with Crippen molar-refractivity contribution in [3.8, 4) is 0 Å². The summed E-state index contributed by atoms with van der Waals surface area (Å²) in [7, 11) is 0. The number of carbonyl (C=O) groups is 2. The zero-order chi connectivity index (χ0) is 15.2. The average molecular weight is 290 g/mol. The minimum Gasteiger partial charge on any atom is -0.481 e. The van der Waals surface area contributed by atoms with E-state index < -0.39 is 11.9 Å². The summed E-state index contributed by atoms with van der Waals surface area (Å²) in [5.74, 6) is -1.30. The smallest absolute Gasteiger partial charge is 0.319 e. The Morgan fingerprint density at radius 3 is 2.57 bits per heavy atom. The Morgan fingerprint density at radius 1 is 1.24 bits per heavy atom. The zero-order valence-electron chi connectivity index (χ0n) is 12.3. The van der Waals surface area contributed by atoms with Gasteiger partial charge in [-0.05, 0) is 37.0 Å². The maximum absolute atomic E-state index is 11.9. The normalized spacial score (nSPS) is 21.0. The molecule has 0 aliphatic heterocycles. The van der Waals surface area contributed by atoms with E-state index >= 15 is 0 Å². The highest BCUT2D eigenvalue weighted by Gasteiger charge is 2.33. The van der Waals surface area contributed by atoms with Crippen molar-refractivity contribution in [2.45, 2.75) is 45.1 Å². The summed E-state index contributed by atoms with van der Waals surface area (Å²) in [4.78, 5) is 23.0. The molecule has 0 radical (unpaired) electrons. The molecule has 2 rings (SSSR count). The molecule has 0 saturated heterocycles. The van der Waals surface area contributed by atoms with E-state index in [2.05, 4.69) is 17.6 Å². The first-order chi connectivity index (χ1) is 10.1. The molecule has 2 atom stereocenters. The van der Waals surface area contributed by atoms with Gasteiger partial charge in [0.2, 0.25) is 0 Å². The standard InChI is InChI=1S/C16H22N2O3/c1-2-4-11-7-9-12(10-8-11)17-16(21)18-14-6-3-5-13(14)15(19)20/h7-10,13-14H,2-6H2,1H3,(H,19,20)(H2,17,18,21). The van der Waals surface area contributed by atoms with Crippen molar-refractivity contribution in [2.24, 2.45) is 5.92 Å². The minimum atomic E-state index is -0.832. The van der Waals surface area contributed by atoms with Gasteiger partial charge in [0.15, 0.2) is 0 Å². The van der Waals surface area contributed by atoms with Crippen molar-refractivity contribution in [3.05, 3.63) is 29.8 Å². The number of hydrogen-bond acceptors (Lipinski definition) is 2. The molecule has 5 heteroatoms. The van der Waals surface area contributed by atoms with Crippen LogP contribution in [0.2, 0.25) is 0 Å². The lowest BCUT2D eigenvalue weighted by molar-refractivity contribution is -0.142. The van der Waals surface area contributed by atoms with E-state index in [4.69, 9.17) is 5.11 Å². The van der Waals surface area contributed by atoms with Crippen LogP contribution in [0, 0.1) is 5.92 Å². The highest BCUT2D eigenvalue weighted by molar-refractivity contribution is 5.89. The number of carboxylic acid groups (broad SMARTS) is 1. The fraction of sp³-hybridized carbons (Fsp3) is 0.500. The Balaban J connectivity index is 1.88. The molecular formula is C16H22N2O3. The maximum Gasteiger partial charge on any atom is 0.319 e. The number of urea groups is 1. The summed E-state index contributed by atoms with van der Waals surface area (Å²) in [6, 6.07) is 7.11. The molecule has 1 fully saturated rings. The number of aryl methyl sites for hydroxylation is 1. The highest BCUT2D eigenvalue weighted by atomic mass is 16.4. The molecule has 1 aromatic rings. The second-order valence-corrected chi connectivity index (χ2v) is 5.53. The van der Waals surface area contributed by atoms with Crippen LogP contribution in [0.4, 0.5) is 10.5 Å². The predicted octanol–water partition coefficient (Wildman–Crippen LogP) is 3.01. The molecule has 1 aliphatic rings. The van der Waals surface area contributed by atoms with Gasteiger partial charge < -0.3 is 15.7 Å². The Hall–Kier alpha value is -2.04. The van der Waals surface area contributed by atoms with E-state index in [1.807, 2.05) is 24.3 Å². The van der Waals surface area contributed by atoms with Crippen molar-refractivity contribution in [1.82, 2.24) is 5.32 Å². The van der Waals surface area contributed by atoms with Crippen LogP contribution in [0.5, 0.6) is 0 Å². The van der Waals surface area contributed by atoms with E-state index in [0.717, 1.165) is 31.4 Å². The summed E-state index contributed by atoms with van der Waals surface area (Å²) in [5.41, 5.74) is 1.96. The molecule has 21 heavy (non-hydrogen) atoms. The number of carboxylic acids is 1. The predicted molar refractivity (Wildman–Crippen MR) is 81.4 cm³/mol. The number of carbonyl (C=O) groups excluding carboxylic acids is 1. The van der Waals surface area contributed by atoms with Gasteiger partial charge in [0.05, 0.1) is 5.92 Å². The topological polar surface area (TPSA) is 78.4 Å². The Bertz CT molecular complexity index is 499. The largest absolute Gasteiger partial charge is 0.481 e. The Labute approximate surface area is 124 Å². The van der Waals surface area contributed by atoms with Crippen LogP contribution < -0.4 is 10.6 Å². The van der Waals surface area contributed by atoms with Gasteiger partial charge in [0.1, 0.15) is 0 Å². The van der Waals surface area contributed by atoms with E-state index in [0.29, 0.717) is 6.42 Å². The minimum absolute atomic E-state index is 0.276. The fourth-order valence-electron chi connectivity index (χ4n) is 2.81. The van der Waals surface area contributed by atoms with Gasteiger partial charge in [-0.25, -0.2) is 4.79 Å². The second-order valence-electron chi connectivity index (χ2n) is 5.53. The van der Waals surface area contributed by atoms with Gasteiger partial charge in [-0.15, -0.1) is 0 Å². The van der Waals surface area contributed by atoms with E-state index in [1.54, 1.807) is 0 Å². The van der Waals surface area contributed by atoms with Crippen LogP contribution in [0.15, 0.2) is 24.3 Å². The molecule has 114 valence electrons. The summed E-state index contributed by atoms with van der Waals surface area (Å²) in [6.45, 7) is 2.13. The molecule has 2 amide bonds. The van der Waals surface area contributed by atoms with E-state index in [1.165, 1.54) is 5.56 Å². The molecule has 1 saturated carbocycles. The van der Waals surface area contributed by atoms with Crippen LogP contribution in [0.3, 0.4) is 0 Å². The van der Waals surface area contributed by atoms with Crippen LogP contribution in [-0.2, 0) is 11.2 Å². The number of rotatable bonds is 5. The first kappa shape index (κ1) is 15.4. The first-order valence-corrected chi connectivity index (χ1v) is 7.49. The van der Waals surface area contributed by atoms with Crippen LogP contribution in [-0.4, -0.2) is 23.1 Å². The zero-order valence-corrected chi connectivity index (χ0v) is 12.3. The monoisotopic (exact) mass is 290 g/mol. The van der Waals surface area contributed by atoms with Gasteiger partial charge >= 0.3 is 12.0 Å². The SMILES string of the molecule is CCCc1ccc(NC(=O)NC2CCCC2C(=O)O)cc1. The molecule has 1 aliphatic carbocycles. The molecule has 2 unspecified atom stereocenters. The maximum atomic E-state index is 11.9. The Kier molecular flexibility index (Phi) is 5.20. The number of aliphatic carboxylic acids is 1. The van der Waals surface area contributed by atoms with Gasteiger partial charge in [-0.2, -0.15) is 0 Å². The molecular weight excluding hydrogens is 268 g/mol. The second kappa shape index (κ2) is 7.11. The third-order valence-electron chi connectivity index (χ3n) is 3.90. The van der Waals surface area contributed by atoms with Crippen LogP contribution in [0.1, 0.15) is 38.2 Å². The number of nitrogens with one attached hydrogen (secondary N) is 2. The molecule has 0 heterocycles. The van der Waals surface area contributed by atoms with Gasteiger partial charge in [-0.1, -0.05) is 31.9 Å². The van der Waals surface area contributed by atoms with Crippen LogP contribution >= 0.6 is 0 Å². The lowest BCUT2D eigenvalue weighted by Crippen LogP contribution is -2.42. The number of hydrogen-bond donors (Lipinski definition) is 3. The molecule has 1 aromatic carbocycles. The van der Waals surface area contributed by atoms with E-state index in [-0.39, 0.29) is 12.1 Å². The summed E-state index contributed by atoms with van der Waals surface area (Å²) < 4.78 is 0. The number of anilines is 1. The summed E-state index contributed by atoms with van der Waals surface area (Å²) in [6.07, 6.45) is 4.31. The number of amides is 2. The summed E-state index contributed by atoms with van der Waals surface area (Å²) in [5, 5.41) is 14.6. The fourth-order valence-corrected chi connectivity index (χ4v) is 2.81. The van der Waals surface area contributed by atoms with Crippen molar-refractivity contribution in [3.63, 3.8) is 0 Å². The lowest BCUT2D eigenvalue weighted by Gasteiger charge is -2.18. The highest BCUT2D eigenvalue weighted by Crippen LogP contribution is 2.25. The van der Waals surface area contributed by atoms with Gasteiger partial charge in [0.25, 0.3) is 0 Å². The summed E-state index contributed by atoms with van der Waals surface area (Å²) >= 11 is 0. The van der Waals surface area contributed by atoms with Crippen LogP contribution in [0.25, 0.3) is 0 Å². The molecule has 5 nitrogen and oxygen atoms in total. The third-order valence-corrected chi connectivity index (χ3v) is 3.90. The van der Waals surface area contributed by atoms with Gasteiger partial charge in [0, 0.05) is 11.7 Å². The van der Waals surface area contributed by atoms with Crippen molar-refractivity contribution in [1.29, 1.82) is 0 Å². The molecule has 0 bridgehead atoms. The molecule has 0 aromatic heterocycles. The third kappa shape index (κ3) is 4.21. The average Bonchev–Trinajstić information content (AvgIpc) is 2.89. The molecule has 0 spiro atoms. The van der Waals surface area contributed by atoms with Crippen molar-refractivity contribution in [2.75, 3.05) is 5.32 Å². The lowest BCUT2D eigenvalue weighted by atomic mass is 10.0. The quantitative estimate of drug-likeness (QED) is 0.780. The first-order valence-electron chi connectivity index (χ1n) is 7.49. The van der Waals surface area contributed by atoms with Crippen molar-refractivity contribution < 1.29 is 14.7 Å². The van der Waals surface area contributed by atoms with Crippen molar-refractivity contribution >= 4 is 17.7 Å². The Morgan fingerprint density at radius 2 is 1.95 bits per heavy atom. The van der Waals surface area contributed by atoms with E-state index in [9.17, 15) is 9.59 Å².